The van der Waals surface area contributed by atoms with Crippen LogP contribution in [0.15, 0.2) is 12.7 Å². The molecule has 20 heavy (non-hydrogen) atoms. The molecule has 0 atom stereocenters. The summed E-state index contributed by atoms with van der Waals surface area (Å²) in [5.41, 5.74) is 0. The van der Waals surface area contributed by atoms with E-state index in [9.17, 15) is 0 Å². The van der Waals surface area contributed by atoms with Crippen molar-refractivity contribution in [2.75, 3.05) is 0 Å². The van der Waals surface area contributed by atoms with Gasteiger partial charge >= 0.3 is 134 Å². The van der Waals surface area contributed by atoms with Crippen molar-refractivity contribution in [2.24, 2.45) is 0 Å². The third-order valence-corrected chi connectivity index (χ3v) is 12.2. The van der Waals surface area contributed by atoms with E-state index in [1.165, 1.54) is 64.2 Å². The van der Waals surface area contributed by atoms with Crippen molar-refractivity contribution >= 4 is 14.3 Å². The van der Waals surface area contributed by atoms with Crippen LogP contribution in [-0.2, 0) is 0 Å². The molecule has 0 spiro atoms. The van der Waals surface area contributed by atoms with Crippen LogP contribution < -0.4 is 0 Å². The van der Waals surface area contributed by atoms with Gasteiger partial charge in [0.15, 0.2) is 0 Å². The van der Waals surface area contributed by atoms with E-state index in [0.29, 0.717) is 0 Å². The Labute approximate surface area is 133 Å². The van der Waals surface area contributed by atoms with Crippen molar-refractivity contribution < 1.29 is 0 Å². The molecule has 0 heterocycles. The number of unbranched alkanes of at least 4 members (excludes halogenated alkanes) is 9. The first-order chi connectivity index (χ1) is 9.85. The molecule has 0 saturated heterocycles. The molecule has 0 aliphatic rings. The Balaban J connectivity index is 3.69. The molecule has 0 nitrogen and oxygen atoms in total. The molecule has 0 fully saturated rings. The van der Waals surface area contributed by atoms with Crippen LogP contribution in [0.3, 0.4) is 0 Å². The summed E-state index contributed by atoms with van der Waals surface area (Å²) in [4.78, 5) is 0. The topological polar surface area (TPSA) is 0 Å². The van der Waals surface area contributed by atoms with E-state index in [4.69, 9.17) is 0 Å². The van der Waals surface area contributed by atoms with Gasteiger partial charge in [0.1, 0.15) is 0 Å². The van der Waals surface area contributed by atoms with Gasteiger partial charge in [-0.25, -0.2) is 0 Å². The van der Waals surface area contributed by atoms with Crippen molar-refractivity contribution in [2.45, 2.75) is 107 Å². The fourth-order valence-corrected chi connectivity index (χ4v) is 10.3. The van der Waals surface area contributed by atoms with E-state index in [2.05, 4.69) is 26.5 Å². The number of allylic oxidation sites excluding steroid dienone is 1. The minimum absolute atomic E-state index is 0.892. The predicted molar refractivity (Wildman–Crippen MR) is 98.5 cm³/mol. The predicted octanol–water partition coefficient (Wildman–Crippen LogP) is 7.12. The molecule has 0 aliphatic carbocycles. The molecule has 0 aromatic rings. The second-order valence-corrected chi connectivity index (χ2v) is 13.8. The zero-order valence-electron chi connectivity index (χ0n) is 14.5. The standard InChI is InChI=1S/C19H40Ge/c1-4-7-10-13-16-19-20(17-14-11-8-5-2)18-15-12-9-6-3/h4,20H,1,5-19H2,2-3H3. The van der Waals surface area contributed by atoms with Crippen LogP contribution in [0.4, 0.5) is 0 Å². The summed E-state index contributed by atoms with van der Waals surface area (Å²) >= 11 is -0.892. The van der Waals surface area contributed by atoms with E-state index in [1.807, 2.05) is 0 Å². The van der Waals surface area contributed by atoms with Gasteiger partial charge in [-0.2, -0.15) is 0 Å². The molecule has 0 amide bonds. The van der Waals surface area contributed by atoms with E-state index < -0.39 is 14.3 Å². The Morgan fingerprint density at radius 1 is 0.650 bits per heavy atom. The molecule has 120 valence electrons. The summed E-state index contributed by atoms with van der Waals surface area (Å²) in [5.74, 6) is 0. The number of rotatable bonds is 16. The van der Waals surface area contributed by atoms with E-state index in [-0.39, 0.29) is 0 Å². The van der Waals surface area contributed by atoms with Gasteiger partial charge in [-0.3, -0.25) is 0 Å². The second kappa shape index (κ2) is 17.3. The summed E-state index contributed by atoms with van der Waals surface area (Å²) in [6, 6.07) is 0. The summed E-state index contributed by atoms with van der Waals surface area (Å²) in [5, 5.41) is 5.03. The van der Waals surface area contributed by atoms with Gasteiger partial charge in [0.05, 0.1) is 0 Å². The van der Waals surface area contributed by atoms with Gasteiger partial charge in [-0.15, -0.1) is 0 Å². The molecule has 1 heteroatoms. The molecule has 0 bridgehead atoms. The van der Waals surface area contributed by atoms with Crippen molar-refractivity contribution in [3.8, 4) is 0 Å². The normalized spacial score (nSPS) is 11.2. The fraction of sp³-hybridized carbons (Fsp3) is 0.895. The SMILES string of the molecule is C=CCCCC[CH2][GeH]([CH2]CCCCC)[CH2]CCCCC. The van der Waals surface area contributed by atoms with Crippen LogP contribution in [0, 0.1) is 0 Å². The second-order valence-electron chi connectivity index (χ2n) is 6.49. The third-order valence-electron chi connectivity index (χ3n) is 4.45. The zero-order valence-corrected chi connectivity index (χ0v) is 16.9. The van der Waals surface area contributed by atoms with Crippen molar-refractivity contribution in [3.05, 3.63) is 12.7 Å². The molecule has 0 N–H and O–H groups in total. The molecule has 0 unspecified atom stereocenters. The summed E-state index contributed by atoms with van der Waals surface area (Å²) < 4.78 is 0. The first-order valence-electron chi connectivity index (χ1n) is 9.46. The van der Waals surface area contributed by atoms with E-state index in [1.54, 1.807) is 28.6 Å². The molecule has 0 saturated carbocycles. The first-order valence-corrected chi connectivity index (χ1v) is 14.6. The summed E-state index contributed by atoms with van der Waals surface area (Å²) in [7, 11) is 0. The third kappa shape index (κ3) is 14.7. The molecule has 0 aliphatic heterocycles. The van der Waals surface area contributed by atoms with Crippen LogP contribution >= 0.6 is 0 Å². The van der Waals surface area contributed by atoms with E-state index >= 15 is 0 Å². The molecule has 0 rings (SSSR count). The number of hydrogen-bond donors (Lipinski definition) is 0. The van der Waals surface area contributed by atoms with Gasteiger partial charge in [0, 0.05) is 0 Å². The maximum atomic E-state index is 3.82. The van der Waals surface area contributed by atoms with Gasteiger partial charge in [0.25, 0.3) is 0 Å². The van der Waals surface area contributed by atoms with Crippen LogP contribution in [0.1, 0.15) is 90.9 Å². The van der Waals surface area contributed by atoms with Gasteiger partial charge in [0.2, 0.25) is 0 Å². The Morgan fingerprint density at radius 2 is 1.10 bits per heavy atom. The van der Waals surface area contributed by atoms with Crippen molar-refractivity contribution in [1.82, 2.24) is 0 Å². The first kappa shape index (κ1) is 20.3. The maximum absolute atomic E-state index is 3.82. The van der Waals surface area contributed by atoms with Crippen LogP contribution in [0.25, 0.3) is 0 Å². The molecular formula is C19H40Ge. The Bertz CT molecular complexity index is 176. The van der Waals surface area contributed by atoms with Crippen LogP contribution in [-0.4, -0.2) is 14.3 Å². The van der Waals surface area contributed by atoms with Gasteiger partial charge < -0.3 is 0 Å². The monoisotopic (exact) mass is 342 g/mol. The zero-order chi connectivity index (χ0) is 14.9. The summed E-state index contributed by atoms with van der Waals surface area (Å²) in [6.45, 7) is 8.47. The summed E-state index contributed by atoms with van der Waals surface area (Å²) in [6.07, 6.45) is 19.5. The Kier molecular flexibility index (Phi) is 17.6. The molecular weight excluding hydrogens is 301 g/mol. The van der Waals surface area contributed by atoms with Crippen LogP contribution in [0.5, 0.6) is 0 Å². The van der Waals surface area contributed by atoms with Crippen LogP contribution in [0.2, 0.25) is 15.8 Å². The van der Waals surface area contributed by atoms with E-state index in [0.717, 1.165) is 0 Å². The molecule has 0 aromatic heterocycles. The molecule has 0 aromatic carbocycles. The quantitative estimate of drug-likeness (QED) is 0.159. The van der Waals surface area contributed by atoms with Gasteiger partial charge in [-0.1, -0.05) is 0 Å². The van der Waals surface area contributed by atoms with Gasteiger partial charge in [-0.05, 0) is 0 Å². The average molecular weight is 341 g/mol. The average Bonchev–Trinajstić information content (AvgIpc) is 2.47. The van der Waals surface area contributed by atoms with Crippen molar-refractivity contribution in [3.63, 3.8) is 0 Å². The fourth-order valence-electron chi connectivity index (χ4n) is 3.05. The Hall–Kier alpha value is 0.283. The number of hydrogen-bond acceptors (Lipinski definition) is 0. The van der Waals surface area contributed by atoms with Crippen molar-refractivity contribution in [1.29, 1.82) is 0 Å². The molecule has 0 radical (unpaired) electrons. The Morgan fingerprint density at radius 3 is 1.50 bits per heavy atom. The minimum atomic E-state index is -0.892.